The third-order valence-electron chi connectivity index (χ3n) is 4.75. The van der Waals surface area contributed by atoms with Crippen LogP contribution in [0, 0.1) is 0 Å². The van der Waals surface area contributed by atoms with Crippen molar-refractivity contribution in [1.82, 2.24) is 15.1 Å². The lowest BCUT2D eigenvalue weighted by Gasteiger charge is -2.37. The summed E-state index contributed by atoms with van der Waals surface area (Å²) in [6.07, 6.45) is 1.66. The topological polar surface area (TPSA) is 44.8 Å². The number of nitrogens with one attached hydrogen (secondary N) is 1. The van der Waals surface area contributed by atoms with Crippen molar-refractivity contribution in [3.8, 4) is 5.75 Å². The fourth-order valence-corrected chi connectivity index (χ4v) is 3.41. The quantitative estimate of drug-likeness (QED) is 0.894. The Kier molecular flexibility index (Phi) is 6.69. The van der Waals surface area contributed by atoms with Gasteiger partial charge in [-0.3, -0.25) is 9.69 Å². The smallest absolute Gasteiger partial charge is 0.227 e. The number of methoxy groups -OCH3 is 1. The first-order valence-corrected chi connectivity index (χ1v) is 8.12. The standard InChI is InChI=1S/C17H25N3O2.ClH/c1-22-16-5-3-2-4-14(16)12-17(21)20-10-8-19(9-11-20)15-6-7-18-13-15;/h2-5,15,18H,6-13H2,1H3;1H. The molecule has 2 fully saturated rings. The molecule has 0 spiro atoms. The van der Waals surface area contributed by atoms with Gasteiger partial charge in [-0.25, -0.2) is 0 Å². The molecular formula is C17H26ClN3O2. The molecule has 23 heavy (non-hydrogen) atoms. The Morgan fingerprint density at radius 2 is 2.00 bits per heavy atom. The summed E-state index contributed by atoms with van der Waals surface area (Å²) in [6.45, 7) is 5.87. The van der Waals surface area contributed by atoms with Crippen LogP contribution in [-0.2, 0) is 11.2 Å². The minimum absolute atomic E-state index is 0. The van der Waals surface area contributed by atoms with Gasteiger partial charge in [0.25, 0.3) is 0 Å². The van der Waals surface area contributed by atoms with Gasteiger partial charge in [-0.1, -0.05) is 18.2 Å². The Bertz CT molecular complexity index is 512. The molecule has 5 nitrogen and oxygen atoms in total. The van der Waals surface area contributed by atoms with E-state index in [2.05, 4.69) is 10.2 Å². The van der Waals surface area contributed by atoms with Crippen LogP contribution in [-0.4, -0.2) is 68.1 Å². The van der Waals surface area contributed by atoms with Gasteiger partial charge >= 0.3 is 0 Å². The lowest BCUT2D eigenvalue weighted by molar-refractivity contribution is -0.132. The molecular weight excluding hydrogens is 314 g/mol. The summed E-state index contributed by atoms with van der Waals surface area (Å²) in [4.78, 5) is 17.0. The number of amides is 1. The van der Waals surface area contributed by atoms with Crippen molar-refractivity contribution in [3.05, 3.63) is 29.8 Å². The fourth-order valence-electron chi connectivity index (χ4n) is 3.41. The zero-order chi connectivity index (χ0) is 15.4. The molecule has 1 aromatic rings. The maximum absolute atomic E-state index is 12.5. The molecule has 0 bridgehead atoms. The van der Waals surface area contributed by atoms with E-state index in [0.29, 0.717) is 12.5 Å². The summed E-state index contributed by atoms with van der Waals surface area (Å²) in [5.74, 6) is 1.00. The van der Waals surface area contributed by atoms with E-state index in [-0.39, 0.29) is 18.3 Å². The second-order valence-electron chi connectivity index (χ2n) is 6.05. The van der Waals surface area contributed by atoms with Gasteiger partial charge in [-0.15, -0.1) is 12.4 Å². The molecule has 6 heteroatoms. The van der Waals surface area contributed by atoms with Crippen LogP contribution in [0.5, 0.6) is 5.75 Å². The van der Waals surface area contributed by atoms with E-state index < -0.39 is 0 Å². The van der Waals surface area contributed by atoms with Crippen molar-refractivity contribution in [3.63, 3.8) is 0 Å². The third kappa shape index (κ3) is 4.37. The van der Waals surface area contributed by atoms with E-state index in [1.54, 1.807) is 7.11 Å². The normalized spacial score (nSPS) is 21.8. The van der Waals surface area contributed by atoms with Gasteiger partial charge < -0.3 is 15.0 Å². The van der Waals surface area contributed by atoms with Crippen LogP contribution in [0.1, 0.15) is 12.0 Å². The van der Waals surface area contributed by atoms with Crippen LogP contribution in [0.2, 0.25) is 0 Å². The largest absolute Gasteiger partial charge is 0.496 e. The van der Waals surface area contributed by atoms with Crippen LogP contribution in [0.4, 0.5) is 0 Å². The van der Waals surface area contributed by atoms with Crippen molar-refractivity contribution >= 4 is 18.3 Å². The minimum Gasteiger partial charge on any atom is -0.496 e. The highest BCUT2D eigenvalue weighted by atomic mass is 35.5. The average molecular weight is 340 g/mol. The van der Waals surface area contributed by atoms with Gasteiger partial charge in [0.1, 0.15) is 5.75 Å². The van der Waals surface area contributed by atoms with E-state index in [1.165, 1.54) is 6.42 Å². The van der Waals surface area contributed by atoms with E-state index in [9.17, 15) is 4.79 Å². The second-order valence-corrected chi connectivity index (χ2v) is 6.05. The highest BCUT2D eigenvalue weighted by Crippen LogP contribution is 2.19. The van der Waals surface area contributed by atoms with Crippen LogP contribution >= 0.6 is 12.4 Å². The molecule has 1 aromatic carbocycles. The summed E-state index contributed by atoms with van der Waals surface area (Å²) < 4.78 is 5.33. The Morgan fingerprint density at radius 1 is 1.26 bits per heavy atom. The molecule has 128 valence electrons. The van der Waals surface area contributed by atoms with E-state index >= 15 is 0 Å². The Balaban J connectivity index is 0.00000192. The van der Waals surface area contributed by atoms with E-state index in [1.807, 2.05) is 29.2 Å². The molecule has 0 radical (unpaired) electrons. The highest BCUT2D eigenvalue weighted by molar-refractivity contribution is 5.85. The monoisotopic (exact) mass is 339 g/mol. The molecule has 1 atom stereocenters. The SMILES string of the molecule is COc1ccccc1CC(=O)N1CCN(C2CCNC2)CC1.Cl. The Hall–Kier alpha value is -1.30. The first-order chi connectivity index (χ1) is 10.8. The number of nitrogens with zero attached hydrogens (tertiary/aromatic N) is 2. The number of carbonyl (C=O) groups excluding carboxylic acids is 1. The van der Waals surface area contributed by atoms with E-state index in [4.69, 9.17) is 4.74 Å². The average Bonchev–Trinajstić information content (AvgIpc) is 3.10. The summed E-state index contributed by atoms with van der Waals surface area (Å²) in [5, 5.41) is 3.41. The number of benzene rings is 1. The Morgan fingerprint density at radius 3 is 2.65 bits per heavy atom. The lowest BCUT2D eigenvalue weighted by Crippen LogP contribution is -2.52. The number of hydrogen-bond acceptors (Lipinski definition) is 4. The molecule has 0 aromatic heterocycles. The molecule has 1 amide bonds. The maximum Gasteiger partial charge on any atom is 0.227 e. The van der Waals surface area contributed by atoms with Gasteiger partial charge in [0.15, 0.2) is 0 Å². The number of carbonyl (C=O) groups is 1. The molecule has 2 aliphatic rings. The zero-order valence-corrected chi connectivity index (χ0v) is 14.5. The molecule has 0 aliphatic carbocycles. The minimum atomic E-state index is 0. The van der Waals surface area contributed by atoms with Gasteiger partial charge in [-0.2, -0.15) is 0 Å². The summed E-state index contributed by atoms with van der Waals surface area (Å²) >= 11 is 0. The second kappa shape index (κ2) is 8.52. The molecule has 1 unspecified atom stereocenters. The predicted octanol–water partition coefficient (Wildman–Crippen LogP) is 1.17. The number of hydrogen-bond donors (Lipinski definition) is 1. The van der Waals surface area contributed by atoms with Crippen LogP contribution in [0.15, 0.2) is 24.3 Å². The summed E-state index contributed by atoms with van der Waals surface area (Å²) in [7, 11) is 1.65. The van der Waals surface area contributed by atoms with Crippen molar-refractivity contribution < 1.29 is 9.53 Å². The Labute approximate surface area is 144 Å². The number of rotatable bonds is 4. The van der Waals surface area contributed by atoms with Crippen molar-refractivity contribution in [1.29, 1.82) is 0 Å². The first kappa shape index (κ1) is 18.0. The van der Waals surface area contributed by atoms with Gasteiger partial charge in [0.05, 0.1) is 13.5 Å². The molecule has 2 heterocycles. The van der Waals surface area contributed by atoms with Crippen molar-refractivity contribution in [2.45, 2.75) is 18.9 Å². The van der Waals surface area contributed by atoms with Crippen molar-refractivity contribution in [2.75, 3.05) is 46.4 Å². The number of ether oxygens (including phenoxy) is 1. The third-order valence-corrected chi connectivity index (χ3v) is 4.75. The highest BCUT2D eigenvalue weighted by Gasteiger charge is 2.27. The zero-order valence-electron chi connectivity index (χ0n) is 13.7. The number of piperazine rings is 1. The van der Waals surface area contributed by atoms with Gasteiger partial charge in [0.2, 0.25) is 5.91 Å². The van der Waals surface area contributed by atoms with Crippen molar-refractivity contribution in [2.24, 2.45) is 0 Å². The van der Waals surface area contributed by atoms with Crippen LogP contribution in [0.25, 0.3) is 0 Å². The molecule has 2 aliphatic heterocycles. The fraction of sp³-hybridized carbons (Fsp3) is 0.588. The van der Waals surface area contributed by atoms with Crippen LogP contribution < -0.4 is 10.1 Å². The van der Waals surface area contributed by atoms with E-state index in [0.717, 1.165) is 50.6 Å². The van der Waals surface area contributed by atoms with Gasteiger partial charge in [-0.05, 0) is 19.0 Å². The maximum atomic E-state index is 12.5. The lowest BCUT2D eigenvalue weighted by atomic mass is 10.1. The van der Waals surface area contributed by atoms with Gasteiger partial charge in [0, 0.05) is 44.3 Å². The molecule has 1 N–H and O–H groups in total. The predicted molar refractivity (Wildman–Crippen MR) is 93.4 cm³/mol. The van der Waals surface area contributed by atoms with Crippen LogP contribution in [0.3, 0.4) is 0 Å². The molecule has 3 rings (SSSR count). The summed E-state index contributed by atoms with van der Waals surface area (Å²) in [6, 6.07) is 8.42. The molecule has 2 saturated heterocycles. The number of halogens is 1. The number of para-hydroxylation sites is 1. The molecule has 0 saturated carbocycles. The first-order valence-electron chi connectivity index (χ1n) is 8.12. The summed E-state index contributed by atoms with van der Waals surface area (Å²) in [5.41, 5.74) is 0.970.